The Kier molecular flexibility index (Phi) is 7.35. The van der Waals surface area contributed by atoms with Crippen LogP contribution in [-0.4, -0.2) is 57.6 Å². The zero-order valence-electron chi connectivity index (χ0n) is 22.8. The maximum atomic E-state index is 13.2. The van der Waals surface area contributed by atoms with Crippen LogP contribution in [0.3, 0.4) is 0 Å². The van der Waals surface area contributed by atoms with Gasteiger partial charge in [0.15, 0.2) is 5.65 Å². The van der Waals surface area contributed by atoms with E-state index in [1.807, 2.05) is 42.6 Å². The van der Waals surface area contributed by atoms with Crippen molar-refractivity contribution in [3.8, 4) is 16.9 Å². The highest BCUT2D eigenvalue weighted by molar-refractivity contribution is 5.96. The predicted octanol–water partition coefficient (Wildman–Crippen LogP) is 5.44. The fraction of sp³-hybridized carbons (Fsp3) is 0.188. The van der Waals surface area contributed by atoms with Crippen LogP contribution in [0.4, 0.5) is 20.4 Å². The van der Waals surface area contributed by atoms with E-state index in [0.717, 1.165) is 22.3 Å². The molecule has 0 unspecified atom stereocenters. The van der Waals surface area contributed by atoms with E-state index in [1.54, 1.807) is 34.8 Å². The van der Waals surface area contributed by atoms with Crippen LogP contribution in [0.5, 0.6) is 5.75 Å². The number of Topliss-reactive ketones (excluding diaryl/α,β-unsaturated/α-hetero) is 1. The van der Waals surface area contributed by atoms with Gasteiger partial charge in [-0.15, -0.1) is 5.10 Å². The van der Waals surface area contributed by atoms with E-state index >= 15 is 0 Å². The van der Waals surface area contributed by atoms with E-state index in [-0.39, 0.29) is 37.0 Å². The summed E-state index contributed by atoms with van der Waals surface area (Å²) in [5.74, 6) is 0.288. The Hall–Kier alpha value is -5.12. The first kappa shape index (κ1) is 27.1. The molecule has 212 valence electrons. The molecule has 1 aliphatic heterocycles. The number of fused-ring (bicyclic) bond motifs is 1. The van der Waals surface area contributed by atoms with Gasteiger partial charge in [-0.05, 0) is 59.2 Å². The number of rotatable bonds is 9. The molecule has 10 heteroatoms. The number of alkyl halides is 1. The molecule has 0 bridgehead atoms. The predicted molar refractivity (Wildman–Crippen MR) is 154 cm³/mol. The third-order valence-corrected chi connectivity index (χ3v) is 7.15. The average molecular weight is 568 g/mol. The van der Waals surface area contributed by atoms with Crippen molar-refractivity contribution in [1.82, 2.24) is 19.5 Å². The van der Waals surface area contributed by atoms with Crippen LogP contribution < -0.4 is 10.1 Å². The summed E-state index contributed by atoms with van der Waals surface area (Å²) in [5, 5.41) is 7.69. The van der Waals surface area contributed by atoms with Gasteiger partial charge in [0, 0.05) is 30.2 Å². The van der Waals surface area contributed by atoms with Crippen molar-refractivity contribution >= 4 is 29.0 Å². The molecule has 5 aromatic rings. The molecule has 1 N–H and O–H groups in total. The molecule has 6 rings (SSSR count). The van der Waals surface area contributed by atoms with Crippen molar-refractivity contribution in [2.45, 2.75) is 19.0 Å². The number of nitrogens with one attached hydrogen (secondary N) is 1. The van der Waals surface area contributed by atoms with E-state index in [1.165, 1.54) is 24.1 Å². The van der Waals surface area contributed by atoms with Crippen molar-refractivity contribution in [3.05, 3.63) is 108 Å². The number of hydrogen-bond acceptors (Lipinski definition) is 6. The number of amides is 1. The van der Waals surface area contributed by atoms with Gasteiger partial charge in [0.25, 0.3) is 5.91 Å². The van der Waals surface area contributed by atoms with Crippen LogP contribution in [-0.2, 0) is 17.6 Å². The lowest BCUT2D eigenvalue weighted by Gasteiger charge is -2.34. The van der Waals surface area contributed by atoms with Gasteiger partial charge in [-0.2, -0.15) is 4.98 Å². The van der Waals surface area contributed by atoms with Crippen molar-refractivity contribution in [2.75, 3.05) is 25.5 Å². The SMILES string of the molecule is COc1cc(C(=O)N2CC(F)C2)ccc1Nc1nc2ccc(-c3ccc(CC(=O)Cc4ccc(F)cc4)cc3)cn2n1. The number of pyridine rings is 1. The number of nitrogens with zero attached hydrogens (tertiary/aromatic N) is 4. The molecule has 42 heavy (non-hydrogen) atoms. The Morgan fingerprint density at radius 1 is 0.929 bits per heavy atom. The first-order valence-corrected chi connectivity index (χ1v) is 13.4. The van der Waals surface area contributed by atoms with Crippen LogP contribution in [0.2, 0.25) is 0 Å². The van der Waals surface area contributed by atoms with Crippen LogP contribution in [0.15, 0.2) is 85.1 Å². The molecule has 1 amide bonds. The molecule has 3 heterocycles. The number of ether oxygens (including phenoxy) is 1. The van der Waals surface area contributed by atoms with Gasteiger partial charge < -0.3 is 15.0 Å². The summed E-state index contributed by atoms with van der Waals surface area (Å²) < 4.78 is 33.4. The fourth-order valence-electron chi connectivity index (χ4n) is 4.86. The largest absolute Gasteiger partial charge is 0.495 e. The maximum absolute atomic E-state index is 13.2. The number of carbonyl (C=O) groups is 2. The quantitative estimate of drug-likeness (QED) is 0.255. The molecule has 0 atom stereocenters. The number of methoxy groups -OCH3 is 1. The van der Waals surface area contributed by atoms with E-state index in [0.29, 0.717) is 35.0 Å². The monoisotopic (exact) mass is 567 g/mol. The van der Waals surface area contributed by atoms with Crippen molar-refractivity contribution < 1.29 is 23.1 Å². The highest BCUT2D eigenvalue weighted by atomic mass is 19.1. The molecular formula is C32H27F2N5O3. The summed E-state index contributed by atoms with van der Waals surface area (Å²) in [6.07, 6.45) is 1.46. The number of ketones is 1. The number of aromatic nitrogens is 3. The molecule has 0 aliphatic carbocycles. The van der Waals surface area contributed by atoms with Crippen LogP contribution in [0, 0.1) is 5.82 Å². The summed E-state index contributed by atoms with van der Waals surface area (Å²) in [6, 6.07) is 22.5. The third kappa shape index (κ3) is 5.83. The number of halogens is 2. The van der Waals surface area contributed by atoms with Gasteiger partial charge >= 0.3 is 0 Å². The maximum Gasteiger partial charge on any atom is 0.254 e. The summed E-state index contributed by atoms with van der Waals surface area (Å²) in [4.78, 5) is 31.0. The van der Waals surface area contributed by atoms with Gasteiger partial charge in [0.2, 0.25) is 5.95 Å². The van der Waals surface area contributed by atoms with Gasteiger partial charge in [-0.3, -0.25) is 9.59 Å². The minimum atomic E-state index is -0.964. The Morgan fingerprint density at radius 3 is 2.26 bits per heavy atom. The number of benzene rings is 3. The summed E-state index contributed by atoms with van der Waals surface area (Å²) >= 11 is 0. The highest BCUT2D eigenvalue weighted by Crippen LogP contribution is 2.30. The summed E-state index contributed by atoms with van der Waals surface area (Å²) in [6.45, 7) is 0.216. The standard InChI is InChI=1S/C32H27F2N5O3/c1-42-29-16-23(31(41)38-18-26(34)19-38)8-12-28(29)35-32-36-30-13-9-24(17-39(30)37-32)22-6-2-20(3-7-22)14-27(40)15-21-4-10-25(33)11-5-21/h2-13,16-17,26H,14-15,18-19H2,1H3,(H,35,37). The molecule has 8 nitrogen and oxygen atoms in total. The highest BCUT2D eigenvalue weighted by Gasteiger charge is 2.31. The smallest absolute Gasteiger partial charge is 0.254 e. The molecule has 1 aliphatic rings. The first-order chi connectivity index (χ1) is 20.3. The first-order valence-electron chi connectivity index (χ1n) is 13.4. The molecule has 1 fully saturated rings. The summed E-state index contributed by atoms with van der Waals surface area (Å²) in [7, 11) is 1.51. The zero-order chi connectivity index (χ0) is 29.2. The second-order valence-corrected chi connectivity index (χ2v) is 10.2. The van der Waals surface area contributed by atoms with Crippen LogP contribution in [0.25, 0.3) is 16.8 Å². The molecule has 0 radical (unpaired) electrons. The number of hydrogen-bond donors (Lipinski definition) is 1. The second kappa shape index (κ2) is 11.4. The summed E-state index contributed by atoms with van der Waals surface area (Å²) in [5.41, 5.74) is 5.20. The van der Waals surface area contributed by atoms with E-state index in [4.69, 9.17) is 4.74 Å². The number of anilines is 2. The second-order valence-electron chi connectivity index (χ2n) is 10.2. The van der Waals surface area contributed by atoms with Crippen molar-refractivity contribution in [1.29, 1.82) is 0 Å². The van der Waals surface area contributed by atoms with Crippen LogP contribution in [0.1, 0.15) is 21.5 Å². The average Bonchev–Trinajstić information content (AvgIpc) is 3.38. The van der Waals surface area contributed by atoms with E-state index in [2.05, 4.69) is 15.4 Å². The molecule has 0 saturated carbocycles. The molecule has 0 spiro atoms. The van der Waals surface area contributed by atoms with Gasteiger partial charge in [-0.1, -0.05) is 36.4 Å². The molecule has 3 aromatic carbocycles. The lowest BCUT2D eigenvalue weighted by atomic mass is 10.0. The number of likely N-dealkylation sites (tertiary alicyclic amines) is 1. The van der Waals surface area contributed by atoms with Gasteiger partial charge in [0.05, 0.1) is 25.9 Å². The minimum absolute atomic E-state index is 0.0578. The normalized spacial score (nSPS) is 13.2. The van der Waals surface area contributed by atoms with Crippen molar-refractivity contribution in [2.24, 2.45) is 0 Å². The lowest BCUT2D eigenvalue weighted by molar-refractivity contribution is -0.117. The molecule has 1 saturated heterocycles. The van der Waals surface area contributed by atoms with E-state index in [9.17, 15) is 18.4 Å². The Bertz CT molecular complexity index is 1760. The lowest BCUT2D eigenvalue weighted by Crippen LogP contribution is -2.51. The van der Waals surface area contributed by atoms with E-state index < -0.39 is 6.17 Å². The molecular weight excluding hydrogens is 540 g/mol. The third-order valence-electron chi connectivity index (χ3n) is 7.15. The zero-order valence-corrected chi connectivity index (χ0v) is 22.8. The topological polar surface area (TPSA) is 88.8 Å². The van der Waals surface area contributed by atoms with Crippen LogP contribution >= 0.6 is 0 Å². The van der Waals surface area contributed by atoms with Gasteiger partial charge in [-0.25, -0.2) is 13.3 Å². The Morgan fingerprint density at radius 2 is 1.60 bits per heavy atom. The Balaban J connectivity index is 1.13. The minimum Gasteiger partial charge on any atom is -0.495 e. The fourth-order valence-corrected chi connectivity index (χ4v) is 4.86. The number of carbonyl (C=O) groups excluding carboxylic acids is 2. The Labute approximate surface area is 240 Å². The molecule has 2 aromatic heterocycles. The van der Waals surface area contributed by atoms with Crippen molar-refractivity contribution in [3.63, 3.8) is 0 Å². The van der Waals surface area contributed by atoms with Gasteiger partial charge in [0.1, 0.15) is 23.5 Å².